The maximum absolute atomic E-state index is 11.7. The standard InChI is InChI=1S/C8H12ClN3O2S/c1-8(2,3)15(13,14)12-7-5-10-4-6(9)11-7/h4-5H,1-3H3,(H,11,12). The Kier molecular flexibility index (Phi) is 3.20. The first-order valence-corrected chi connectivity index (χ1v) is 6.08. The molecule has 1 aromatic rings. The summed E-state index contributed by atoms with van der Waals surface area (Å²) in [5.74, 6) is 0.123. The summed E-state index contributed by atoms with van der Waals surface area (Å²) in [4.78, 5) is 7.51. The number of halogens is 1. The highest BCUT2D eigenvalue weighted by molar-refractivity contribution is 7.94. The second kappa shape index (κ2) is 3.94. The molecule has 0 aliphatic carbocycles. The van der Waals surface area contributed by atoms with Crippen LogP contribution in [-0.4, -0.2) is 23.1 Å². The third kappa shape index (κ3) is 3.04. The Bertz CT molecular complexity index is 453. The van der Waals surface area contributed by atoms with Gasteiger partial charge in [-0.1, -0.05) is 11.6 Å². The van der Waals surface area contributed by atoms with E-state index < -0.39 is 14.8 Å². The minimum Gasteiger partial charge on any atom is -0.266 e. The molecule has 0 unspecified atom stereocenters. The Morgan fingerprint density at radius 2 is 1.93 bits per heavy atom. The van der Waals surface area contributed by atoms with Gasteiger partial charge in [-0.3, -0.25) is 9.71 Å². The van der Waals surface area contributed by atoms with Gasteiger partial charge >= 0.3 is 0 Å². The number of nitrogens with one attached hydrogen (secondary N) is 1. The van der Waals surface area contributed by atoms with Crippen LogP contribution in [0.2, 0.25) is 5.15 Å². The molecule has 0 amide bonds. The zero-order valence-electron chi connectivity index (χ0n) is 8.65. The van der Waals surface area contributed by atoms with Gasteiger partial charge in [-0.15, -0.1) is 0 Å². The van der Waals surface area contributed by atoms with Crippen molar-refractivity contribution >= 4 is 27.4 Å². The van der Waals surface area contributed by atoms with E-state index in [9.17, 15) is 8.42 Å². The summed E-state index contributed by atoms with van der Waals surface area (Å²) in [6, 6.07) is 0. The van der Waals surface area contributed by atoms with Gasteiger partial charge in [0.05, 0.1) is 17.1 Å². The van der Waals surface area contributed by atoms with Crippen LogP contribution in [-0.2, 0) is 10.0 Å². The highest BCUT2D eigenvalue weighted by Crippen LogP contribution is 2.18. The van der Waals surface area contributed by atoms with Crippen molar-refractivity contribution in [3.63, 3.8) is 0 Å². The summed E-state index contributed by atoms with van der Waals surface area (Å²) >= 11 is 5.58. The van der Waals surface area contributed by atoms with Crippen molar-refractivity contribution in [3.8, 4) is 0 Å². The van der Waals surface area contributed by atoms with Crippen molar-refractivity contribution in [3.05, 3.63) is 17.5 Å². The van der Waals surface area contributed by atoms with E-state index in [1.54, 1.807) is 20.8 Å². The van der Waals surface area contributed by atoms with Crippen LogP contribution in [0, 0.1) is 0 Å². The van der Waals surface area contributed by atoms with E-state index in [2.05, 4.69) is 14.7 Å². The van der Waals surface area contributed by atoms with Crippen LogP contribution in [0.4, 0.5) is 5.82 Å². The average Bonchev–Trinajstić information content (AvgIpc) is 2.00. The number of sulfonamides is 1. The predicted octanol–water partition coefficient (Wildman–Crippen LogP) is 1.67. The van der Waals surface area contributed by atoms with E-state index in [-0.39, 0.29) is 11.0 Å². The third-order valence-electron chi connectivity index (χ3n) is 1.65. The molecule has 0 aliphatic heterocycles. The number of hydrogen-bond donors (Lipinski definition) is 1. The molecule has 0 saturated heterocycles. The fourth-order valence-electron chi connectivity index (χ4n) is 0.682. The van der Waals surface area contributed by atoms with Crippen LogP contribution in [0.3, 0.4) is 0 Å². The first-order chi connectivity index (χ1) is 6.72. The third-order valence-corrected chi connectivity index (χ3v) is 3.92. The summed E-state index contributed by atoms with van der Waals surface area (Å²) in [5.41, 5.74) is 0. The molecule has 7 heteroatoms. The molecule has 0 aliphatic rings. The van der Waals surface area contributed by atoms with Gasteiger partial charge in [0.15, 0.2) is 5.82 Å². The smallest absolute Gasteiger partial charge is 0.238 e. The Balaban J connectivity index is 2.98. The minimum atomic E-state index is -3.48. The maximum Gasteiger partial charge on any atom is 0.238 e. The molecule has 1 rings (SSSR count). The van der Waals surface area contributed by atoms with Crippen molar-refractivity contribution in [2.24, 2.45) is 0 Å². The molecule has 1 aromatic heterocycles. The normalized spacial score (nSPS) is 12.5. The lowest BCUT2D eigenvalue weighted by molar-refractivity contribution is 0.566. The van der Waals surface area contributed by atoms with E-state index in [1.165, 1.54) is 12.4 Å². The van der Waals surface area contributed by atoms with Gasteiger partial charge in [-0.2, -0.15) is 0 Å². The Hall–Kier alpha value is -0.880. The van der Waals surface area contributed by atoms with Gasteiger partial charge in [-0.05, 0) is 20.8 Å². The van der Waals surface area contributed by atoms with Crippen LogP contribution in [0.25, 0.3) is 0 Å². The summed E-state index contributed by atoms with van der Waals surface area (Å²) in [6.45, 7) is 4.77. The fourth-order valence-corrected chi connectivity index (χ4v) is 1.51. The van der Waals surface area contributed by atoms with Crippen molar-refractivity contribution in [1.82, 2.24) is 9.97 Å². The van der Waals surface area contributed by atoms with Crippen molar-refractivity contribution in [2.45, 2.75) is 25.5 Å². The zero-order valence-corrected chi connectivity index (χ0v) is 10.2. The van der Waals surface area contributed by atoms with Crippen LogP contribution in [0.1, 0.15) is 20.8 Å². The second-order valence-electron chi connectivity index (χ2n) is 3.94. The monoisotopic (exact) mass is 249 g/mol. The summed E-state index contributed by atoms with van der Waals surface area (Å²) in [7, 11) is -3.48. The van der Waals surface area contributed by atoms with Gasteiger partial charge in [0.25, 0.3) is 0 Å². The zero-order chi connectivity index (χ0) is 11.7. The Morgan fingerprint density at radius 3 is 2.40 bits per heavy atom. The van der Waals surface area contributed by atoms with Crippen molar-refractivity contribution in [2.75, 3.05) is 4.72 Å². The highest BCUT2D eigenvalue weighted by atomic mass is 35.5. The lowest BCUT2D eigenvalue weighted by Crippen LogP contribution is -2.34. The molecule has 0 radical (unpaired) electrons. The van der Waals surface area contributed by atoms with Gasteiger partial charge < -0.3 is 0 Å². The Morgan fingerprint density at radius 1 is 1.33 bits per heavy atom. The fraction of sp³-hybridized carbons (Fsp3) is 0.500. The van der Waals surface area contributed by atoms with E-state index in [4.69, 9.17) is 11.6 Å². The average molecular weight is 250 g/mol. The molecule has 1 N–H and O–H groups in total. The van der Waals surface area contributed by atoms with E-state index in [1.807, 2.05) is 0 Å². The minimum absolute atomic E-state index is 0.123. The van der Waals surface area contributed by atoms with Crippen LogP contribution in [0.5, 0.6) is 0 Å². The molecular weight excluding hydrogens is 238 g/mol. The van der Waals surface area contributed by atoms with Gasteiger partial charge in [0.2, 0.25) is 10.0 Å². The second-order valence-corrected chi connectivity index (χ2v) is 6.77. The van der Waals surface area contributed by atoms with Crippen molar-refractivity contribution in [1.29, 1.82) is 0 Å². The van der Waals surface area contributed by atoms with E-state index in [0.717, 1.165) is 0 Å². The largest absolute Gasteiger partial charge is 0.266 e. The summed E-state index contributed by atoms with van der Waals surface area (Å²) < 4.78 is 24.8. The lowest BCUT2D eigenvalue weighted by atomic mass is 10.3. The first-order valence-electron chi connectivity index (χ1n) is 4.22. The first kappa shape index (κ1) is 12.2. The van der Waals surface area contributed by atoms with Gasteiger partial charge in [0.1, 0.15) is 5.15 Å². The molecule has 0 atom stereocenters. The molecule has 0 aromatic carbocycles. The number of aromatic nitrogens is 2. The molecule has 15 heavy (non-hydrogen) atoms. The van der Waals surface area contributed by atoms with Crippen LogP contribution < -0.4 is 4.72 Å². The van der Waals surface area contributed by atoms with Crippen LogP contribution in [0.15, 0.2) is 12.4 Å². The highest BCUT2D eigenvalue weighted by Gasteiger charge is 2.29. The van der Waals surface area contributed by atoms with Crippen LogP contribution >= 0.6 is 11.6 Å². The quantitative estimate of drug-likeness (QED) is 0.866. The predicted molar refractivity (Wildman–Crippen MR) is 59.3 cm³/mol. The molecule has 1 heterocycles. The molecule has 0 spiro atoms. The number of anilines is 1. The molecule has 84 valence electrons. The van der Waals surface area contributed by atoms with Gasteiger partial charge in [-0.25, -0.2) is 13.4 Å². The van der Waals surface area contributed by atoms with E-state index >= 15 is 0 Å². The summed E-state index contributed by atoms with van der Waals surface area (Å²) in [5, 5.41) is 0.143. The molecule has 0 fully saturated rings. The summed E-state index contributed by atoms with van der Waals surface area (Å²) in [6.07, 6.45) is 2.63. The number of nitrogens with zero attached hydrogens (tertiary/aromatic N) is 2. The molecule has 0 bridgehead atoms. The number of hydrogen-bond acceptors (Lipinski definition) is 4. The SMILES string of the molecule is CC(C)(C)S(=O)(=O)Nc1cncc(Cl)n1. The number of rotatable bonds is 2. The molecule has 0 saturated carbocycles. The Labute approximate surface area is 93.9 Å². The maximum atomic E-state index is 11.7. The van der Waals surface area contributed by atoms with E-state index in [0.29, 0.717) is 0 Å². The van der Waals surface area contributed by atoms with Gasteiger partial charge in [0, 0.05) is 0 Å². The molecular formula is C8H12ClN3O2S. The van der Waals surface area contributed by atoms with Crippen molar-refractivity contribution < 1.29 is 8.42 Å². The molecule has 5 nitrogen and oxygen atoms in total. The lowest BCUT2D eigenvalue weighted by Gasteiger charge is -2.19. The topological polar surface area (TPSA) is 72.0 Å².